The Kier molecular flexibility index (Phi) is 17.5. The molecule has 0 aromatic heterocycles. The monoisotopic (exact) mass is 750 g/mol. The van der Waals surface area contributed by atoms with Crippen molar-refractivity contribution in [2.75, 3.05) is 10.6 Å². The molecule has 0 heterocycles. The lowest BCUT2D eigenvalue weighted by molar-refractivity contribution is -0.121. The standard InChI is InChI=1S/C23H25N3O4.C18H17N3O2.ClH/c1-16(27)24-20-13-11-18(12-14-20)6-5-17-7-9-19(10-8-17)15-21(28)25-26-22(29)30-23(2,3)4;1-13(22)20-17-10-8-15(9-11-17)3-2-14-4-6-16(7-5-14)12-18(23)21-19;/h7-14H,15H2,1-4H3,(H,24,27)(H,25,28)(H,26,29);4-11H,12,19H2,1H3,(H,20,22)(H,21,23);1H. The van der Waals surface area contributed by atoms with Gasteiger partial charge in [-0.1, -0.05) is 47.9 Å². The number of benzene rings is 4. The zero-order valence-corrected chi connectivity index (χ0v) is 31.4. The SMILES string of the molecule is CC(=O)Nc1ccc(C#Cc2ccc(CC(=O)NN)cc2)cc1.CC(=O)Nc1ccc(C#Cc2ccc(CC(=O)NNC(=O)OC(C)(C)C)cc2)cc1.Cl. The molecule has 7 N–H and O–H groups in total. The summed E-state index contributed by atoms with van der Waals surface area (Å²) in [6.45, 7) is 8.13. The summed E-state index contributed by atoms with van der Waals surface area (Å²) in [7, 11) is 0. The van der Waals surface area contributed by atoms with Crippen LogP contribution < -0.4 is 32.8 Å². The van der Waals surface area contributed by atoms with Crippen LogP contribution in [0.15, 0.2) is 97.1 Å². The van der Waals surface area contributed by atoms with Crippen molar-refractivity contribution in [2.45, 2.75) is 53.1 Å². The van der Waals surface area contributed by atoms with Crippen molar-refractivity contribution in [1.82, 2.24) is 16.3 Å². The van der Waals surface area contributed by atoms with Crippen LogP contribution in [0.3, 0.4) is 0 Å². The Bertz CT molecular complexity index is 2020. The molecule has 0 aliphatic rings. The highest BCUT2D eigenvalue weighted by Crippen LogP contribution is 2.11. The van der Waals surface area contributed by atoms with Crippen LogP contribution in [0.25, 0.3) is 0 Å². The van der Waals surface area contributed by atoms with E-state index in [-0.39, 0.29) is 48.9 Å². The number of nitrogens with two attached hydrogens (primary N) is 1. The number of hydrazine groups is 2. The van der Waals surface area contributed by atoms with Gasteiger partial charge in [0.15, 0.2) is 0 Å². The molecule has 0 radical (unpaired) electrons. The summed E-state index contributed by atoms with van der Waals surface area (Å²) in [5.41, 5.74) is 12.4. The van der Waals surface area contributed by atoms with Gasteiger partial charge in [-0.25, -0.2) is 16.1 Å². The second kappa shape index (κ2) is 21.7. The van der Waals surface area contributed by atoms with Gasteiger partial charge in [0.05, 0.1) is 12.8 Å². The number of amides is 5. The predicted molar refractivity (Wildman–Crippen MR) is 211 cm³/mol. The molecule has 4 aromatic rings. The molecule has 13 heteroatoms. The maximum atomic E-state index is 11.9. The number of carbonyl (C=O) groups is 5. The second-order valence-corrected chi connectivity index (χ2v) is 12.5. The molecule has 54 heavy (non-hydrogen) atoms. The zero-order chi connectivity index (χ0) is 38.8. The molecule has 0 aliphatic carbocycles. The van der Waals surface area contributed by atoms with Crippen LogP contribution in [0.1, 0.15) is 68.0 Å². The lowest BCUT2D eigenvalue weighted by Gasteiger charge is -2.19. The molecule has 4 aromatic carbocycles. The molecule has 0 saturated heterocycles. The van der Waals surface area contributed by atoms with E-state index in [0.29, 0.717) is 0 Å². The van der Waals surface area contributed by atoms with Gasteiger partial charge in [0.2, 0.25) is 23.6 Å². The summed E-state index contributed by atoms with van der Waals surface area (Å²) in [5.74, 6) is 16.4. The van der Waals surface area contributed by atoms with E-state index in [1.165, 1.54) is 13.8 Å². The fraction of sp³-hybridized carbons (Fsp3) is 0.195. The molecule has 280 valence electrons. The summed E-state index contributed by atoms with van der Waals surface area (Å²) in [6.07, 6.45) is -0.366. The molecular formula is C41H43ClN6O6. The molecule has 5 amide bonds. The predicted octanol–water partition coefficient (Wildman–Crippen LogP) is 5.14. The second-order valence-electron chi connectivity index (χ2n) is 12.5. The van der Waals surface area contributed by atoms with Gasteiger partial charge in [0.25, 0.3) is 0 Å². The number of anilines is 2. The molecule has 0 aliphatic heterocycles. The van der Waals surface area contributed by atoms with Gasteiger partial charge in [-0.3, -0.25) is 30.0 Å². The summed E-state index contributed by atoms with van der Waals surface area (Å²) in [6, 6.07) is 29.2. The van der Waals surface area contributed by atoms with Gasteiger partial charge in [0, 0.05) is 47.5 Å². The summed E-state index contributed by atoms with van der Waals surface area (Å²) in [4.78, 5) is 56.6. The zero-order valence-electron chi connectivity index (χ0n) is 30.6. The summed E-state index contributed by atoms with van der Waals surface area (Å²) in [5, 5.41) is 5.41. The van der Waals surface area contributed by atoms with E-state index in [1.807, 2.05) is 60.7 Å². The molecule has 0 fully saturated rings. The van der Waals surface area contributed by atoms with Crippen molar-refractivity contribution >= 4 is 53.5 Å². The third-order valence-electron chi connectivity index (χ3n) is 6.61. The molecule has 12 nitrogen and oxygen atoms in total. The number of ether oxygens (including phenoxy) is 1. The highest BCUT2D eigenvalue weighted by Gasteiger charge is 2.16. The number of halogens is 1. The van der Waals surface area contributed by atoms with Gasteiger partial charge >= 0.3 is 6.09 Å². The van der Waals surface area contributed by atoms with Crippen molar-refractivity contribution in [3.05, 3.63) is 130 Å². The molecule has 0 unspecified atom stereocenters. The van der Waals surface area contributed by atoms with Gasteiger partial charge in [-0.05, 0) is 105 Å². The Morgan fingerprint density at radius 3 is 1.20 bits per heavy atom. The summed E-state index contributed by atoms with van der Waals surface area (Å²) < 4.78 is 5.04. The minimum absolute atomic E-state index is 0. The van der Waals surface area contributed by atoms with E-state index in [0.717, 1.165) is 44.8 Å². The number of rotatable bonds is 6. The molecule has 0 spiro atoms. The number of hydrogen-bond donors (Lipinski definition) is 6. The van der Waals surface area contributed by atoms with Gasteiger partial charge in [-0.15, -0.1) is 12.4 Å². The van der Waals surface area contributed by atoms with E-state index >= 15 is 0 Å². The van der Waals surface area contributed by atoms with Crippen molar-refractivity contribution in [3.8, 4) is 23.7 Å². The third kappa shape index (κ3) is 17.6. The lowest BCUT2D eigenvalue weighted by Crippen LogP contribution is -2.44. The van der Waals surface area contributed by atoms with Crippen molar-refractivity contribution in [3.63, 3.8) is 0 Å². The fourth-order valence-corrected chi connectivity index (χ4v) is 4.27. The van der Waals surface area contributed by atoms with Gasteiger partial charge < -0.3 is 15.4 Å². The van der Waals surface area contributed by atoms with Gasteiger partial charge in [0.1, 0.15) is 5.60 Å². The lowest BCUT2D eigenvalue weighted by atomic mass is 10.1. The van der Waals surface area contributed by atoms with Crippen LogP contribution >= 0.6 is 12.4 Å². The average molecular weight is 751 g/mol. The van der Waals surface area contributed by atoms with Gasteiger partial charge in [-0.2, -0.15) is 0 Å². The topological polar surface area (TPSA) is 181 Å². The highest BCUT2D eigenvalue weighted by molar-refractivity contribution is 5.89. The van der Waals surface area contributed by atoms with Crippen LogP contribution in [0.4, 0.5) is 16.2 Å². The molecule has 0 atom stereocenters. The van der Waals surface area contributed by atoms with E-state index < -0.39 is 11.7 Å². The third-order valence-corrected chi connectivity index (χ3v) is 6.61. The smallest absolute Gasteiger partial charge is 0.426 e. The Morgan fingerprint density at radius 2 is 0.889 bits per heavy atom. The Labute approximate surface area is 321 Å². The molecular weight excluding hydrogens is 708 g/mol. The highest BCUT2D eigenvalue weighted by atomic mass is 35.5. The Morgan fingerprint density at radius 1 is 0.556 bits per heavy atom. The first-order valence-electron chi connectivity index (χ1n) is 16.4. The van der Waals surface area contributed by atoms with E-state index in [1.54, 1.807) is 57.2 Å². The Balaban J connectivity index is 0.000000379. The number of hydrogen-bond acceptors (Lipinski definition) is 7. The van der Waals surface area contributed by atoms with Crippen LogP contribution in [0.2, 0.25) is 0 Å². The van der Waals surface area contributed by atoms with Crippen molar-refractivity contribution < 1.29 is 28.7 Å². The minimum Gasteiger partial charge on any atom is -0.443 e. The van der Waals surface area contributed by atoms with E-state index in [4.69, 9.17) is 10.6 Å². The summed E-state index contributed by atoms with van der Waals surface area (Å²) >= 11 is 0. The first kappa shape index (κ1) is 43.6. The first-order chi connectivity index (χ1) is 25.2. The largest absolute Gasteiger partial charge is 0.443 e. The van der Waals surface area contributed by atoms with Crippen molar-refractivity contribution in [2.24, 2.45) is 5.84 Å². The maximum absolute atomic E-state index is 11.9. The molecule has 0 saturated carbocycles. The average Bonchev–Trinajstić information content (AvgIpc) is 3.10. The number of carbonyl (C=O) groups excluding carboxylic acids is 5. The minimum atomic E-state index is -0.716. The van der Waals surface area contributed by atoms with Crippen LogP contribution in [0.5, 0.6) is 0 Å². The maximum Gasteiger partial charge on any atom is 0.426 e. The van der Waals surface area contributed by atoms with E-state index in [9.17, 15) is 24.0 Å². The number of nitrogens with one attached hydrogen (secondary N) is 5. The van der Waals surface area contributed by atoms with Crippen LogP contribution in [0, 0.1) is 23.7 Å². The fourth-order valence-electron chi connectivity index (χ4n) is 4.27. The van der Waals surface area contributed by atoms with Crippen LogP contribution in [-0.2, 0) is 36.8 Å². The van der Waals surface area contributed by atoms with Crippen LogP contribution in [-0.4, -0.2) is 35.3 Å². The Hall–Kier alpha value is -6.60. The van der Waals surface area contributed by atoms with Crippen molar-refractivity contribution in [1.29, 1.82) is 0 Å². The quantitative estimate of drug-likeness (QED) is 0.0683. The molecule has 0 bridgehead atoms. The van der Waals surface area contributed by atoms with E-state index in [2.05, 4.69) is 50.6 Å². The molecule has 4 rings (SSSR count). The first-order valence-corrected chi connectivity index (χ1v) is 16.4. The normalized spacial score (nSPS) is 9.74.